The van der Waals surface area contributed by atoms with E-state index in [1.165, 1.54) is 6.92 Å². The van der Waals surface area contributed by atoms with Crippen LogP contribution in [-0.4, -0.2) is 22.6 Å². The number of aliphatic carboxylic acids is 1. The van der Waals surface area contributed by atoms with Gasteiger partial charge in [0.25, 0.3) is 0 Å². The molecule has 12 heavy (non-hydrogen) atoms. The standard InChI is InChI=1S/C8H12O4/c1-6(9)12-8(7(10)11)4-2-3-5-8/h2-5H2,1H3,(H,10,11). The normalized spacial score (nSPS) is 20.4. The zero-order valence-electron chi connectivity index (χ0n) is 7.00. The number of ether oxygens (including phenoxy) is 1. The molecule has 0 aliphatic heterocycles. The van der Waals surface area contributed by atoms with E-state index in [4.69, 9.17) is 9.84 Å². The average Bonchev–Trinajstić information content (AvgIpc) is 2.35. The van der Waals surface area contributed by atoms with Crippen molar-refractivity contribution in [2.75, 3.05) is 0 Å². The molecule has 0 aromatic heterocycles. The van der Waals surface area contributed by atoms with E-state index in [1.54, 1.807) is 0 Å². The Morgan fingerprint density at radius 1 is 1.33 bits per heavy atom. The minimum absolute atomic E-state index is 0.446. The van der Waals surface area contributed by atoms with Crippen molar-refractivity contribution < 1.29 is 19.4 Å². The maximum atomic E-state index is 10.8. The number of esters is 1. The first-order valence-corrected chi connectivity index (χ1v) is 4.00. The molecule has 0 aromatic rings. The maximum Gasteiger partial charge on any atom is 0.348 e. The van der Waals surface area contributed by atoms with Crippen LogP contribution in [0, 0.1) is 0 Å². The lowest BCUT2D eigenvalue weighted by Crippen LogP contribution is -2.40. The van der Waals surface area contributed by atoms with Crippen LogP contribution in [0.15, 0.2) is 0 Å². The number of hydrogen-bond donors (Lipinski definition) is 1. The molecule has 1 aliphatic carbocycles. The van der Waals surface area contributed by atoms with Gasteiger partial charge in [0.2, 0.25) is 5.60 Å². The van der Waals surface area contributed by atoms with Crippen LogP contribution in [0.4, 0.5) is 0 Å². The molecule has 1 aliphatic rings. The molecule has 0 radical (unpaired) electrons. The SMILES string of the molecule is CC(=O)OC1(C(=O)O)CCCC1. The predicted molar refractivity (Wildman–Crippen MR) is 40.6 cm³/mol. The molecule has 1 saturated carbocycles. The second kappa shape index (κ2) is 3.13. The second-order valence-corrected chi connectivity index (χ2v) is 3.10. The summed E-state index contributed by atoms with van der Waals surface area (Å²) in [5.41, 5.74) is -1.22. The molecular weight excluding hydrogens is 160 g/mol. The van der Waals surface area contributed by atoms with Crippen LogP contribution < -0.4 is 0 Å². The molecule has 4 heteroatoms. The third-order valence-electron chi connectivity index (χ3n) is 2.14. The minimum atomic E-state index is -1.22. The summed E-state index contributed by atoms with van der Waals surface area (Å²) in [5, 5.41) is 8.84. The maximum absolute atomic E-state index is 10.8. The summed E-state index contributed by atoms with van der Waals surface area (Å²) < 4.78 is 4.82. The molecule has 0 aromatic carbocycles. The number of carbonyl (C=O) groups is 2. The monoisotopic (exact) mass is 172 g/mol. The molecule has 0 unspecified atom stereocenters. The molecule has 0 saturated heterocycles. The molecule has 4 nitrogen and oxygen atoms in total. The van der Waals surface area contributed by atoms with Crippen LogP contribution in [0.25, 0.3) is 0 Å². The van der Waals surface area contributed by atoms with Crippen molar-refractivity contribution in [1.29, 1.82) is 0 Å². The molecule has 0 heterocycles. The van der Waals surface area contributed by atoms with E-state index >= 15 is 0 Å². The van der Waals surface area contributed by atoms with Crippen molar-refractivity contribution in [1.82, 2.24) is 0 Å². The number of hydrogen-bond acceptors (Lipinski definition) is 3. The lowest BCUT2D eigenvalue weighted by atomic mass is 10.0. The Kier molecular flexibility index (Phi) is 2.35. The van der Waals surface area contributed by atoms with Crippen LogP contribution in [0.3, 0.4) is 0 Å². The van der Waals surface area contributed by atoms with Gasteiger partial charge in [-0.1, -0.05) is 0 Å². The summed E-state index contributed by atoms with van der Waals surface area (Å²) in [6.07, 6.45) is 2.53. The Bertz CT molecular complexity index is 203. The van der Waals surface area contributed by atoms with Gasteiger partial charge in [-0.05, 0) is 25.7 Å². The van der Waals surface area contributed by atoms with Crippen LogP contribution in [-0.2, 0) is 14.3 Å². The van der Waals surface area contributed by atoms with Crippen molar-refractivity contribution in [2.24, 2.45) is 0 Å². The highest BCUT2D eigenvalue weighted by Gasteiger charge is 2.44. The van der Waals surface area contributed by atoms with Gasteiger partial charge in [0.15, 0.2) is 0 Å². The zero-order chi connectivity index (χ0) is 9.19. The lowest BCUT2D eigenvalue weighted by molar-refractivity contribution is -0.176. The van der Waals surface area contributed by atoms with Crippen molar-refractivity contribution >= 4 is 11.9 Å². The van der Waals surface area contributed by atoms with E-state index in [0.29, 0.717) is 12.8 Å². The summed E-state index contributed by atoms with van der Waals surface area (Å²) in [7, 11) is 0. The quantitative estimate of drug-likeness (QED) is 0.630. The summed E-state index contributed by atoms with van der Waals surface area (Å²) in [6, 6.07) is 0. The lowest BCUT2D eigenvalue weighted by Gasteiger charge is -2.22. The molecule has 0 atom stereocenters. The van der Waals surface area contributed by atoms with Crippen LogP contribution in [0.2, 0.25) is 0 Å². The molecule has 68 valence electrons. The highest BCUT2D eigenvalue weighted by atomic mass is 16.6. The van der Waals surface area contributed by atoms with E-state index in [2.05, 4.69) is 0 Å². The van der Waals surface area contributed by atoms with Gasteiger partial charge in [0.05, 0.1) is 0 Å². The van der Waals surface area contributed by atoms with Gasteiger partial charge in [-0.15, -0.1) is 0 Å². The first kappa shape index (κ1) is 9.03. The largest absolute Gasteiger partial charge is 0.478 e. The van der Waals surface area contributed by atoms with Crippen molar-refractivity contribution in [3.8, 4) is 0 Å². The first-order valence-electron chi connectivity index (χ1n) is 4.00. The van der Waals surface area contributed by atoms with Gasteiger partial charge in [-0.3, -0.25) is 4.79 Å². The van der Waals surface area contributed by atoms with Crippen molar-refractivity contribution in [3.63, 3.8) is 0 Å². The van der Waals surface area contributed by atoms with E-state index in [-0.39, 0.29) is 0 Å². The van der Waals surface area contributed by atoms with E-state index in [0.717, 1.165) is 12.8 Å². The fraction of sp³-hybridized carbons (Fsp3) is 0.750. The zero-order valence-corrected chi connectivity index (χ0v) is 7.00. The molecular formula is C8H12O4. The highest BCUT2D eigenvalue weighted by Crippen LogP contribution is 2.33. The van der Waals surface area contributed by atoms with Crippen molar-refractivity contribution in [3.05, 3.63) is 0 Å². The second-order valence-electron chi connectivity index (χ2n) is 3.10. The average molecular weight is 172 g/mol. The summed E-state index contributed by atoms with van der Waals surface area (Å²) in [5.74, 6) is -1.53. The number of carboxylic acid groups (broad SMARTS) is 1. The highest BCUT2D eigenvalue weighted by molar-refractivity contribution is 5.81. The molecule has 0 bridgehead atoms. The van der Waals surface area contributed by atoms with Gasteiger partial charge >= 0.3 is 11.9 Å². The predicted octanol–water partition coefficient (Wildman–Crippen LogP) is 0.947. The van der Waals surface area contributed by atoms with Gasteiger partial charge in [-0.25, -0.2) is 4.79 Å². The Labute approximate surface area is 70.5 Å². The Hall–Kier alpha value is -1.06. The van der Waals surface area contributed by atoms with Gasteiger partial charge in [-0.2, -0.15) is 0 Å². The number of rotatable bonds is 2. The van der Waals surface area contributed by atoms with E-state index in [1.807, 2.05) is 0 Å². The molecule has 1 N–H and O–H groups in total. The Morgan fingerprint density at radius 2 is 1.83 bits per heavy atom. The third kappa shape index (κ3) is 1.57. The van der Waals surface area contributed by atoms with Gasteiger partial charge in [0, 0.05) is 6.92 Å². The number of carboxylic acids is 1. The van der Waals surface area contributed by atoms with E-state index in [9.17, 15) is 9.59 Å². The van der Waals surface area contributed by atoms with Crippen LogP contribution in [0.1, 0.15) is 32.6 Å². The molecule has 0 amide bonds. The Balaban J connectivity index is 2.72. The van der Waals surface area contributed by atoms with Crippen LogP contribution >= 0.6 is 0 Å². The summed E-state index contributed by atoms with van der Waals surface area (Å²) >= 11 is 0. The van der Waals surface area contributed by atoms with E-state index < -0.39 is 17.5 Å². The number of carbonyl (C=O) groups excluding carboxylic acids is 1. The van der Waals surface area contributed by atoms with Gasteiger partial charge in [0.1, 0.15) is 0 Å². The summed E-state index contributed by atoms with van der Waals surface area (Å²) in [4.78, 5) is 21.4. The van der Waals surface area contributed by atoms with Crippen LogP contribution in [0.5, 0.6) is 0 Å². The topological polar surface area (TPSA) is 63.6 Å². The molecule has 1 rings (SSSR count). The fourth-order valence-electron chi connectivity index (χ4n) is 1.58. The fourth-order valence-corrected chi connectivity index (χ4v) is 1.58. The van der Waals surface area contributed by atoms with Gasteiger partial charge < -0.3 is 9.84 Å². The first-order chi connectivity index (χ1) is 5.57. The smallest absolute Gasteiger partial charge is 0.348 e. The summed E-state index contributed by atoms with van der Waals surface area (Å²) in [6.45, 7) is 1.24. The molecule has 1 fully saturated rings. The third-order valence-corrected chi connectivity index (χ3v) is 2.14. The Morgan fingerprint density at radius 3 is 2.17 bits per heavy atom. The van der Waals surface area contributed by atoms with Crippen molar-refractivity contribution in [2.45, 2.75) is 38.2 Å². The minimum Gasteiger partial charge on any atom is -0.478 e. The molecule has 0 spiro atoms.